The van der Waals surface area contributed by atoms with Crippen LogP contribution in [0, 0.1) is 5.92 Å². The van der Waals surface area contributed by atoms with Crippen LogP contribution in [0.15, 0.2) is 6.33 Å². The van der Waals surface area contributed by atoms with Gasteiger partial charge >= 0.3 is 5.97 Å². The maximum atomic E-state index is 11.7. The molecule has 0 aliphatic rings. The van der Waals surface area contributed by atoms with Gasteiger partial charge < -0.3 is 20.5 Å². The Hall–Kier alpha value is -2.05. The number of nitrogens with two attached hydrogens (primary N) is 1. The molecule has 0 aliphatic heterocycles. The molecule has 1 unspecified atom stereocenters. The van der Waals surface area contributed by atoms with Gasteiger partial charge in [0.05, 0.1) is 13.2 Å². The van der Waals surface area contributed by atoms with Crippen LogP contribution in [0.3, 0.4) is 0 Å². The molecule has 0 aromatic carbocycles. The van der Waals surface area contributed by atoms with Crippen LogP contribution >= 0.6 is 0 Å². The topological polar surface area (TPSA) is 99.4 Å². The summed E-state index contributed by atoms with van der Waals surface area (Å²) in [4.78, 5) is 19.8. The van der Waals surface area contributed by atoms with Crippen molar-refractivity contribution in [3.8, 4) is 5.88 Å². The molecule has 0 spiro atoms. The quantitative estimate of drug-likeness (QED) is 0.762. The molecular weight excluding hydrogens is 260 g/mol. The minimum absolute atomic E-state index is 0.0197. The molecule has 0 radical (unpaired) electrons. The molecule has 0 fully saturated rings. The van der Waals surface area contributed by atoms with Crippen molar-refractivity contribution in [3.05, 3.63) is 6.33 Å². The highest BCUT2D eigenvalue weighted by Crippen LogP contribution is 2.26. The molecule has 112 valence electrons. The Morgan fingerprint density at radius 1 is 1.30 bits per heavy atom. The third-order valence-corrected chi connectivity index (χ3v) is 2.61. The fourth-order valence-corrected chi connectivity index (χ4v) is 1.58. The number of nitrogens with one attached hydrogen (secondary N) is 1. The zero-order valence-electron chi connectivity index (χ0n) is 12.5. The summed E-state index contributed by atoms with van der Waals surface area (Å²) in [7, 11) is 1.34. The van der Waals surface area contributed by atoms with Gasteiger partial charge in [-0.25, -0.2) is 9.78 Å². The van der Waals surface area contributed by atoms with Gasteiger partial charge in [-0.15, -0.1) is 0 Å². The van der Waals surface area contributed by atoms with Crippen LogP contribution in [0.5, 0.6) is 5.88 Å². The monoisotopic (exact) mass is 282 g/mol. The average Bonchev–Trinajstić information content (AvgIpc) is 2.38. The summed E-state index contributed by atoms with van der Waals surface area (Å²) in [5, 5.41) is 2.98. The Labute approximate surface area is 118 Å². The minimum Gasteiger partial charge on any atom is -0.473 e. The van der Waals surface area contributed by atoms with Crippen molar-refractivity contribution in [2.75, 3.05) is 18.2 Å². The Morgan fingerprint density at radius 2 is 1.95 bits per heavy atom. The average molecular weight is 282 g/mol. The van der Waals surface area contributed by atoms with Gasteiger partial charge in [0.2, 0.25) is 5.88 Å². The van der Waals surface area contributed by atoms with Gasteiger partial charge in [0.25, 0.3) is 0 Å². The third kappa shape index (κ3) is 3.97. The molecule has 1 aromatic heterocycles. The Bertz CT molecular complexity index is 463. The first-order valence-electron chi connectivity index (χ1n) is 6.48. The first-order chi connectivity index (χ1) is 9.36. The van der Waals surface area contributed by atoms with E-state index in [1.54, 1.807) is 0 Å². The molecule has 20 heavy (non-hydrogen) atoms. The number of methoxy groups -OCH3 is 1. The lowest BCUT2D eigenvalue weighted by atomic mass is 10.0. The van der Waals surface area contributed by atoms with Crippen LogP contribution in [-0.2, 0) is 9.53 Å². The zero-order chi connectivity index (χ0) is 15.3. The SMILES string of the molecule is COC(=O)C(Nc1ncnc(OC(C)C)c1N)C(C)C. The molecule has 1 aromatic rings. The van der Waals surface area contributed by atoms with Gasteiger partial charge in [-0.1, -0.05) is 13.8 Å². The molecule has 0 amide bonds. The van der Waals surface area contributed by atoms with Crippen LogP contribution in [0.25, 0.3) is 0 Å². The van der Waals surface area contributed by atoms with Crippen LogP contribution in [-0.4, -0.2) is 35.2 Å². The molecule has 0 bridgehead atoms. The van der Waals surface area contributed by atoms with Crippen molar-refractivity contribution in [3.63, 3.8) is 0 Å². The highest BCUT2D eigenvalue weighted by molar-refractivity contribution is 5.81. The molecule has 7 nitrogen and oxygen atoms in total. The summed E-state index contributed by atoms with van der Waals surface area (Å²) >= 11 is 0. The number of hydrogen-bond donors (Lipinski definition) is 2. The zero-order valence-corrected chi connectivity index (χ0v) is 12.5. The Morgan fingerprint density at radius 3 is 2.45 bits per heavy atom. The molecule has 1 atom stereocenters. The summed E-state index contributed by atoms with van der Waals surface area (Å²) in [6, 6.07) is -0.538. The standard InChI is InChI=1S/C13H22N4O3/c1-7(2)10(13(18)19-5)17-11-9(14)12(16-6-15-11)20-8(3)4/h6-8,10H,14H2,1-5H3,(H,15,16,17). The molecule has 1 rings (SSSR count). The van der Waals surface area contributed by atoms with E-state index >= 15 is 0 Å². The first-order valence-corrected chi connectivity index (χ1v) is 6.48. The second kappa shape index (κ2) is 6.93. The van der Waals surface area contributed by atoms with Crippen molar-refractivity contribution in [1.82, 2.24) is 9.97 Å². The molecule has 0 aliphatic carbocycles. The van der Waals surface area contributed by atoms with Gasteiger partial charge in [0.1, 0.15) is 18.1 Å². The van der Waals surface area contributed by atoms with Crippen LogP contribution in [0.2, 0.25) is 0 Å². The minimum atomic E-state index is -0.538. The second-order valence-corrected chi connectivity index (χ2v) is 5.00. The van der Waals surface area contributed by atoms with Crippen LogP contribution in [0.4, 0.5) is 11.5 Å². The number of aromatic nitrogens is 2. The number of nitrogen functional groups attached to an aromatic ring is 1. The Kier molecular flexibility index (Phi) is 5.54. The predicted octanol–water partition coefficient (Wildman–Crippen LogP) is 1.46. The van der Waals surface area contributed by atoms with Gasteiger partial charge in [-0.3, -0.25) is 0 Å². The van der Waals surface area contributed by atoms with Crippen LogP contribution in [0.1, 0.15) is 27.7 Å². The lowest BCUT2D eigenvalue weighted by Gasteiger charge is -2.21. The van der Waals surface area contributed by atoms with Crippen molar-refractivity contribution < 1.29 is 14.3 Å². The normalized spacial score (nSPS) is 12.3. The van der Waals surface area contributed by atoms with E-state index in [-0.39, 0.29) is 23.7 Å². The predicted molar refractivity (Wildman–Crippen MR) is 76.5 cm³/mol. The van der Waals surface area contributed by atoms with E-state index in [2.05, 4.69) is 15.3 Å². The fourth-order valence-electron chi connectivity index (χ4n) is 1.58. The van der Waals surface area contributed by atoms with E-state index in [4.69, 9.17) is 15.2 Å². The number of esters is 1. The molecule has 7 heteroatoms. The van der Waals surface area contributed by atoms with E-state index in [1.807, 2.05) is 27.7 Å². The van der Waals surface area contributed by atoms with Gasteiger partial charge in [0, 0.05) is 0 Å². The summed E-state index contributed by atoms with van der Waals surface area (Å²) in [5.74, 6) is 0.306. The van der Waals surface area contributed by atoms with Crippen molar-refractivity contribution in [2.45, 2.75) is 39.8 Å². The smallest absolute Gasteiger partial charge is 0.328 e. The second-order valence-electron chi connectivity index (χ2n) is 5.00. The van der Waals surface area contributed by atoms with Crippen LogP contribution < -0.4 is 15.8 Å². The van der Waals surface area contributed by atoms with E-state index in [1.165, 1.54) is 13.4 Å². The molecule has 3 N–H and O–H groups in total. The number of rotatable bonds is 6. The van der Waals surface area contributed by atoms with Gasteiger partial charge in [0.15, 0.2) is 5.82 Å². The van der Waals surface area contributed by atoms with Gasteiger partial charge in [-0.2, -0.15) is 4.98 Å². The number of hydrogen-bond acceptors (Lipinski definition) is 7. The summed E-state index contributed by atoms with van der Waals surface area (Å²) < 4.78 is 10.2. The van der Waals surface area contributed by atoms with Crippen molar-refractivity contribution >= 4 is 17.5 Å². The van der Waals surface area contributed by atoms with E-state index in [0.29, 0.717) is 11.7 Å². The van der Waals surface area contributed by atoms with E-state index in [9.17, 15) is 4.79 Å². The first kappa shape index (κ1) is 16.0. The lowest BCUT2D eigenvalue weighted by molar-refractivity contribution is -0.142. The highest BCUT2D eigenvalue weighted by Gasteiger charge is 2.25. The summed E-state index contributed by atoms with van der Waals surface area (Å²) in [5.41, 5.74) is 6.23. The highest BCUT2D eigenvalue weighted by atomic mass is 16.5. The molecule has 0 saturated carbocycles. The van der Waals surface area contributed by atoms with Crippen molar-refractivity contribution in [1.29, 1.82) is 0 Å². The number of anilines is 2. The number of carbonyl (C=O) groups is 1. The van der Waals surface area contributed by atoms with Crippen molar-refractivity contribution in [2.24, 2.45) is 5.92 Å². The largest absolute Gasteiger partial charge is 0.473 e. The molecule has 0 saturated heterocycles. The lowest BCUT2D eigenvalue weighted by Crippen LogP contribution is -2.36. The number of carbonyl (C=O) groups excluding carboxylic acids is 1. The Balaban J connectivity index is 2.98. The molecular formula is C13H22N4O3. The third-order valence-electron chi connectivity index (χ3n) is 2.61. The van der Waals surface area contributed by atoms with E-state index < -0.39 is 6.04 Å². The van der Waals surface area contributed by atoms with Gasteiger partial charge in [-0.05, 0) is 19.8 Å². The maximum Gasteiger partial charge on any atom is 0.328 e. The number of ether oxygens (including phenoxy) is 2. The number of nitrogens with zero attached hydrogens (tertiary/aromatic N) is 2. The summed E-state index contributed by atoms with van der Waals surface area (Å²) in [6.45, 7) is 7.55. The maximum absolute atomic E-state index is 11.7. The van der Waals surface area contributed by atoms with E-state index in [0.717, 1.165) is 0 Å². The molecule has 1 heterocycles. The fraction of sp³-hybridized carbons (Fsp3) is 0.615. The summed E-state index contributed by atoms with van der Waals surface area (Å²) in [6.07, 6.45) is 1.28.